The summed E-state index contributed by atoms with van der Waals surface area (Å²) in [5, 5.41) is 8.96. The maximum absolute atomic E-state index is 8.96. The van der Waals surface area contributed by atoms with E-state index >= 15 is 0 Å². The topological polar surface area (TPSA) is 90.9 Å². The van der Waals surface area contributed by atoms with Crippen LogP contribution in [0.25, 0.3) is 0 Å². The Morgan fingerprint density at radius 1 is 1.47 bits per heavy atom. The Labute approximate surface area is 114 Å². The van der Waals surface area contributed by atoms with Crippen LogP contribution in [0.4, 0.5) is 11.6 Å². The van der Waals surface area contributed by atoms with E-state index in [1.807, 2.05) is 6.92 Å². The van der Waals surface area contributed by atoms with Gasteiger partial charge in [0.1, 0.15) is 18.0 Å². The number of hydrogen-bond donors (Lipinski definition) is 2. The average Bonchev–Trinajstić information content (AvgIpc) is 2.45. The van der Waals surface area contributed by atoms with Crippen molar-refractivity contribution in [3.8, 4) is 6.07 Å². The van der Waals surface area contributed by atoms with Crippen molar-refractivity contribution in [2.24, 2.45) is 11.8 Å². The smallest absolute Gasteiger partial charge is 0.148 e. The van der Waals surface area contributed by atoms with Crippen molar-refractivity contribution in [2.75, 3.05) is 23.4 Å². The fraction of sp³-hybridized carbons (Fsp3) is 0.615. The summed E-state index contributed by atoms with van der Waals surface area (Å²) >= 11 is 0. The molecular formula is C13H22N6. The molecule has 0 saturated carbocycles. The molecule has 0 aliphatic rings. The minimum atomic E-state index is -0.0429. The van der Waals surface area contributed by atoms with E-state index in [-0.39, 0.29) is 5.92 Å². The highest BCUT2D eigenvalue weighted by molar-refractivity contribution is 5.58. The third kappa shape index (κ3) is 3.80. The second-order valence-electron chi connectivity index (χ2n) is 4.49. The predicted octanol–water partition coefficient (Wildman–Crippen LogP) is 1.70. The second-order valence-corrected chi connectivity index (χ2v) is 4.49. The van der Waals surface area contributed by atoms with E-state index in [0.717, 1.165) is 30.8 Å². The van der Waals surface area contributed by atoms with Gasteiger partial charge >= 0.3 is 0 Å². The molecule has 1 atom stereocenters. The van der Waals surface area contributed by atoms with Gasteiger partial charge in [-0.1, -0.05) is 13.3 Å². The van der Waals surface area contributed by atoms with Gasteiger partial charge in [0.05, 0.1) is 12.0 Å². The molecule has 0 aliphatic heterocycles. The minimum absolute atomic E-state index is 0.0429. The molecule has 0 amide bonds. The van der Waals surface area contributed by atoms with Gasteiger partial charge in [-0.3, -0.25) is 0 Å². The highest BCUT2D eigenvalue weighted by atomic mass is 15.3. The van der Waals surface area contributed by atoms with Crippen molar-refractivity contribution in [2.45, 2.75) is 33.6 Å². The van der Waals surface area contributed by atoms with Gasteiger partial charge in [0, 0.05) is 18.7 Å². The van der Waals surface area contributed by atoms with Crippen molar-refractivity contribution in [1.29, 1.82) is 5.26 Å². The van der Waals surface area contributed by atoms with E-state index in [2.05, 4.69) is 40.2 Å². The van der Waals surface area contributed by atoms with Crippen molar-refractivity contribution in [3.63, 3.8) is 0 Å². The van der Waals surface area contributed by atoms with Crippen LogP contribution in [0, 0.1) is 17.2 Å². The highest BCUT2D eigenvalue weighted by Crippen LogP contribution is 2.24. The number of nitrogen functional groups attached to an aromatic ring is 1. The van der Waals surface area contributed by atoms with Crippen LogP contribution in [-0.2, 0) is 6.42 Å². The number of hydrazine groups is 1. The fourth-order valence-electron chi connectivity index (χ4n) is 2.02. The van der Waals surface area contributed by atoms with E-state index in [1.54, 1.807) is 0 Å². The van der Waals surface area contributed by atoms with E-state index in [1.165, 1.54) is 6.33 Å². The van der Waals surface area contributed by atoms with Crippen LogP contribution in [0.1, 0.15) is 32.8 Å². The Balaban J connectivity index is 3.11. The molecule has 3 N–H and O–H groups in total. The second kappa shape index (κ2) is 7.54. The molecule has 0 bridgehead atoms. The average molecular weight is 262 g/mol. The number of nitrogens with two attached hydrogens (primary N) is 1. The number of nitrogens with zero attached hydrogens (tertiary/aromatic N) is 4. The molecule has 1 aromatic rings. The zero-order valence-electron chi connectivity index (χ0n) is 11.8. The molecule has 0 fully saturated rings. The van der Waals surface area contributed by atoms with Gasteiger partial charge in [0.25, 0.3) is 0 Å². The summed E-state index contributed by atoms with van der Waals surface area (Å²) < 4.78 is 0. The standard InChI is InChI=1S/C13H22N6/c1-4-6-11-12(18-15)16-9-17-13(11)19(5-2)8-10(3)7-14/h9-10H,4-6,8,15H2,1-3H3,(H,16,17,18). The van der Waals surface area contributed by atoms with E-state index in [9.17, 15) is 0 Å². The number of anilines is 2. The molecule has 6 heteroatoms. The first-order valence-corrected chi connectivity index (χ1v) is 6.62. The summed E-state index contributed by atoms with van der Waals surface area (Å²) in [6, 6.07) is 2.25. The Morgan fingerprint density at radius 2 is 2.21 bits per heavy atom. The number of aromatic nitrogens is 2. The number of hydrogen-bond acceptors (Lipinski definition) is 6. The van der Waals surface area contributed by atoms with E-state index in [0.29, 0.717) is 12.4 Å². The van der Waals surface area contributed by atoms with Crippen molar-refractivity contribution >= 4 is 11.6 Å². The molecular weight excluding hydrogens is 240 g/mol. The zero-order valence-corrected chi connectivity index (χ0v) is 11.8. The summed E-state index contributed by atoms with van der Waals surface area (Å²) in [6.07, 6.45) is 3.34. The minimum Gasteiger partial charge on any atom is -0.355 e. The molecule has 19 heavy (non-hydrogen) atoms. The maximum Gasteiger partial charge on any atom is 0.148 e. The Bertz CT molecular complexity index is 439. The summed E-state index contributed by atoms with van der Waals surface area (Å²) in [7, 11) is 0. The van der Waals surface area contributed by atoms with Crippen LogP contribution in [0.3, 0.4) is 0 Å². The van der Waals surface area contributed by atoms with Crippen LogP contribution in [0.15, 0.2) is 6.33 Å². The normalized spacial score (nSPS) is 11.7. The molecule has 0 aliphatic carbocycles. The molecule has 0 spiro atoms. The third-order valence-corrected chi connectivity index (χ3v) is 2.96. The number of rotatable bonds is 7. The molecule has 1 aromatic heterocycles. The van der Waals surface area contributed by atoms with Crippen LogP contribution in [0.2, 0.25) is 0 Å². The van der Waals surface area contributed by atoms with Crippen LogP contribution in [0.5, 0.6) is 0 Å². The summed E-state index contributed by atoms with van der Waals surface area (Å²) in [6.45, 7) is 7.52. The molecule has 1 unspecified atom stereocenters. The van der Waals surface area contributed by atoms with Gasteiger partial charge < -0.3 is 10.3 Å². The van der Waals surface area contributed by atoms with Gasteiger partial charge in [-0.15, -0.1) is 0 Å². The summed E-state index contributed by atoms with van der Waals surface area (Å²) in [5.41, 5.74) is 3.64. The van der Waals surface area contributed by atoms with Crippen LogP contribution < -0.4 is 16.2 Å². The molecule has 1 heterocycles. The van der Waals surface area contributed by atoms with E-state index in [4.69, 9.17) is 11.1 Å². The monoisotopic (exact) mass is 262 g/mol. The van der Waals surface area contributed by atoms with Crippen LogP contribution >= 0.6 is 0 Å². The largest absolute Gasteiger partial charge is 0.355 e. The van der Waals surface area contributed by atoms with Gasteiger partial charge in [0.15, 0.2) is 0 Å². The lowest BCUT2D eigenvalue weighted by Crippen LogP contribution is -2.30. The Hall–Kier alpha value is -1.87. The first kappa shape index (κ1) is 15.2. The van der Waals surface area contributed by atoms with Gasteiger partial charge in [-0.05, 0) is 20.3 Å². The van der Waals surface area contributed by atoms with Gasteiger partial charge in [-0.2, -0.15) is 5.26 Å². The highest BCUT2D eigenvalue weighted by Gasteiger charge is 2.17. The maximum atomic E-state index is 8.96. The van der Waals surface area contributed by atoms with Crippen LogP contribution in [-0.4, -0.2) is 23.1 Å². The third-order valence-electron chi connectivity index (χ3n) is 2.96. The quantitative estimate of drug-likeness (QED) is 0.574. The zero-order chi connectivity index (χ0) is 14.3. The fourth-order valence-corrected chi connectivity index (χ4v) is 2.02. The molecule has 0 aromatic carbocycles. The SMILES string of the molecule is CCCc1c(NN)ncnc1N(CC)CC(C)C#N. The molecule has 6 nitrogen and oxygen atoms in total. The summed E-state index contributed by atoms with van der Waals surface area (Å²) in [5.74, 6) is 7.00. The lowest BCUT2D eigenvalue weighted by atomic mass is 10.1. The van der Waals surface area contributed by atoms with Crippen molar-refractivity contribution in [1.82, 2.24) is 9.97 Å². The first-order chi connectivity index (χ1) is 9.17. The van der Waals surface area contributed by atoms with Crippen molar-refractivity contribution in [3.05, 3.63) is 11.9 Å². The Morgan fingerprint density at radius 3 is 2.74 bits per heavy atom. The Kier molecular flexibility index (Phi) is 6.03. The van der Waals surface area contributed by atoms with Crippen molar-refractivity contribution < 1.29 is 0 Å². The van der Waals surface area contributed by atoms with Gasteiger partial charge in [0.2, 0.25) is 0 Å². The molecule has 104 valence electrons. The predicted molar refractivity (Wildman–Crippen MR) is 76.5 cm³/mol. The molecule has 1 rings (SSSR count). The lowest BCUT2D eigenvalue weighted by Gasteiger charge is -2.26. The van der Waals surface area contributed by atoms with Gasteiger partial charge in [-0.25, -0.2) is 15.8 Å². The lowest BCUT2D eigenvalue weighted by molar-refractivity contribution is 0.674. The molecule has 0 saturated heterocycles. The van der Waals surface area contributed by atoms with E-state index < -0.39 is 0 Å². The number of nitriles is 1. The number of nitrogens with one attached hydrogen (secondary N) is 1. The summed E-state index contributed by atoms with van der Waals surface area (Å²) in [4.78, 5) is 10.6. The molecule has 0 radical (unpaired) electrons. The first-order valence-electron chi connectivity index (χ1n) is 6.62.